The zero-order valence-electron chi connectivity index (χ0n) is 11.7. The molecule has 2 rings (SSSR count). The molecule has 0 bridgehead atoms. The predicted octanol–water partition coefficient (Wildman–Crippen LogP) is 4.05. The van der Waals surface area contributed by atoms with Gasteiger partial charge < -0.3 is 9.47 Å². The summed E-state index contributed by atoms with van der Waals surface area (Å²) in [6.07, 6.45) is 8.29. The summed E-state index contributed by atoms with van der Waals surface area (Å²) >= 11 is 6.51. The van der Waals surface area contributed by atoms with Crippen LogP contribution in [0.1, 0.15) is 40.5 Å². The Bertz CT molecular complexity index is 373. The largest absolute Gasteiger partial charge is 0.345 e. The van der Waals surface area contributed by atoms with E-state index in [0.717, 1.165) is 18.4 Å². The fraction of sp³-hybridized carbons (Fsp3) is 0.733. The van der Waals surface area contributed by atoms with Crippen LogP contribution in [0.4, 0.5) is 0 Å². The zero-order chi connectivity index (χ0) is 13.4. The summed E-state index contributed by atoms with van der Waals surface area (Å²) < 4.78 is 12.1. The van der Waals surface area contributed by atoms with E-state index < -0.39 is 5.79 Å². The number of alkyl halides is 1. The van der Waals surface area contributed by atoms with Crippen LogP contribution in [0.2, 0.25) is 0 Å². The van der Waals surface area contributed by atoms with Crippen molar-refractivity contribution in [2.45, 2.75) is 57.8 Å². The van der Waals surface area contributed by atoms with Crippen LogP contribution in [-0.2, 0) is 9.47 Å². The molecule has 1 fully saturated rings. The highest BCUT2D eigenvalue weighted by atomic mass is 35.5. The molecule has 0 aromatic rings. The van der Waals surface area contributed by atoms with Crippen molar-refractivity contribution in [3.63, 3.8) is 0 Å². The Morgan fingerprint density at radius 2 is 2.22 bits per heavy atom. The Labute approximate surface area is 115 Å². The predicted molar refractivity (Wildman–Crippen MR) is 74.8 cm³/mol. The molecule has 0 radical (unpaired) electrons. The third kappa shape index (κ3) is 2.66. The van der Waals surface area contributed by atoms with Gasteiger partial charge in [-0.2, -0.15) is 0 Å². The topological polar surface area (TPSA) is 18.5 Å². The van der Waals surface area contributed by atoms with Gasteiger partial charge in [-0.15, -0.1) is 11.6 Å². The van der Waals surface area contributed by atoms with E-state index in [4.69, 9.17) is 21.1 Å². The highest BCUT2D eigenvalue weighted by Crippen LogP contribution is 2.47. The molecule has 1 aliphatic carbocycles. The number of hydrogen-bond acceptors (Lipinski definition) is 2. The van der Waals surface area contributed by atoms with Crippen molar-refractivity contribution in [2.75, 3.05) is 6.61 Å². The van der Waals surface area contributed by atoms with Gasteiger partial charge in [0.05, 0.1) is 6.61 Å². The number of halogens is 1. The molecular formula is C15H23ClO2. The quantitative estimate of drug-likeness (QED) is 0.557. The summed E-state index contributed by atoms with van der Waals surface area (Å²) in [7, 11) is 0. The molecule has 3 heteroatoms. The van der Waals surface area contributed by atoms with Crippen LogP contribution >= 0.6 is 11.6 Å². The van der Waals surface area contributed by atoms with Gasteiger partial charge in [0, 0.05) is 6.42 Å². The average Bonchev–Trinajstić information content (AvgIpc) is 2.66. The minimum atomic E-state index is -0.646. The third-order valence-corrected chi connectivity index (χ3v) is 4.21. The van der Waals surface area contributed by atoms with Crippen LogP contribution in [0.3, 0.4) is 0 Å². The van der Waals surface area contributed by atoms with Gasteiger partial charge in [-0.25, -0.2) is 0 Å². The van der Waals surface area contributed by atoms with Crippen molar-refractivity contribution in [3.05, 3.63) is 23.8 Å². The van der Waals surface area contributed by atoms with E-state index in [1.165, 1.54) is 0 Å². The van der Waals surface area contributed by atoms with E-state index in [1.807, 2.05) is 0 Å². The summed E-state index contributed by atoms with van der Waals surface area (Å²) in [4.78, 5) is 0. The van der Waals surface area contributed by atoms with Crippen molar-refractivity contribution in [1.82, 2.24) is 0 Å². The fourth-order valence-corrected chi connectivity index (χ4v) is 3.22. The SMILES string of the molecule is CCC=CC1COC2(CC(C)(C)C=C(C)C2Cl)O1. The van der Waals surface area contributed by atoms with Gasteiger partial charge in [0.15, 0.2) is 5.79 Å². The summed E-state index contributed by atoms with van der Waals surface area (Å²) in [5, 5.41) is -0.189. The molecule has 0 saturated carbocycles. The molecule has 1 heterocycles. The van der Waals surface area contributed by atoms with E-state index in [-0.39, 0.29) is 16.9 Å². The summed E-state index contributed by atoms with van der Waals surface area (Å²) in [5.74, 6) is -0.646. The number of ether oxygens (including phenoxy) is 2. The maximum atomic E-state index is 6.51. The Morgan fingerprint density at radius 3 is 2.89 bits per heavy atom. The van der Waals surface area contributed by atoms with Crippen molar-refractivity contribution >= 4 is 11.6 Å². The normalized spacial score (nSPS) is 39.5. The van der Waals surface area contributed by atoms with Gasteiger partial charge >= 0.3 is 0 Å². The first-order valence-electron chi connectivity index (χ1n) is 6.70. The third-order valence-electron chi connectivity index (χ3n) is 3.54. The molecule has 3 unspecified atom stereocenters. The molecule has 1 aliphatic heterocycles. The smallest absolute Gasteiger partial charge is 0.190 e. The summed E-state index contributed by atoms with van der Waals surface area (Å²) in [6, 6.07) is 0. The molecule has 2 aliphatic rings. The van der Waals surface area contributed by atoms with Gasteiger partial charge in [0.2, 0.25) is 0 Å². The first kappa shape index (κ1) is 14.1. The Hall–Kier alpha value is -0.310. The van der Waals surface area contributed by atoms with Gasteiger partial charge in [-0.1, -0.05) is 44.6 Å². The van der Waals surface area contributed by atoms with E-state index in [2.05, 4.69) is 45.9 Å². The lowest BCUT2D eigenvalue weighted by molar-refractivity contribution is -0.180. The second-order valence-electron chi connectivity index (χ2n) is 6.03. The van der Waals surface area contributed by atoms with Crippen molar-refractivity contribution in [1.29, 1.82) is 0 Å². The lowest BCUT2D eigenvalue weighted by atomic mass is 9.76. The molecule has 1 saturated heterocycles. The Balaban J connectivity index is 2.18. The molecule has 0 N–H and O–H groups in total. The van der Waals surface area contributed by atoms with Crippen LogP contribution in [0, 0.1) is 5.41 Å². The van der Waals surface area contributed by atoms with E-state index in [0.29, 0.717) is 6.61 Å². The van der Waals surface area contributed by atoms with Crippen LogP contribution in [0.15, 0.2) is 23.8 Å². The number of rotatable bonds is 2. The standard InChI is InChI=1S/C15H23ClO2/c1-5-6-7-12-9-17-15(18-12)10-14(3,4)8-11(2)13(15)16/h6-8,12-13H,5,9-10H2,1-4H3. The van der Waals surface area contributed by atoms with Crippen molar-refractivity contribution in [2.24, 2.45) is 5.41 Å². The monoisotopic (exact) mass is 270 g/mol. The van der Waals surface area contributed by atoms with Crippen LogP contribution in [0.25, 0.3) is 0 Å². The van der Waals surface area contributed by atoms with E-state index >= 15 is 0 Å². The maximum absolute atomic E-state index is 6.51. The van der Waals surface area contributed by atoms with Crippen molar-refractivity contribution < 1.29 is 9.47 Å². The molecule has 102 valence electrons. The maximum Gasteiger partial charge on any atom is 0.190 e. The molecule has 3 atom stereocenters. The van der Waals surface area contributed by atoms with Gasteiger partial charge in [0.25, 0.3) is 0 Å². The van der Waals surface area contributed by atoms with Gasteiger partial charge in [-0.05, 0) is 18.8 Å². The molecular weight excluding hydrogens is 248 g/mol. The van der Waals surface area contributed by atoms with Crippen LogP contribution in [0.5, 0.6) is 0 Å². The summed E-state index contributed by atoms with van der Waals surface area (Å²) in [6.45, 7) is 9.17. The second-order valence-corrected chi connectivity index (χ2v) is 6.47. The molecule has 1 spiro atoms. The lowest BCUT2D eigenvalue weighted by Gasteiger charge is -2.42. The van der Waals surface area contributed by atoms with Crippen molar-refractivity contribution in [3.8, 4) is 0 Å². The number of allylic oxidation sites excluding steroid dienone is 2. The number of hydrogen-bond donors (Lipinski definition) is 0. The first-order valence-corrected chi connectivity index (χ1v) is 7.14. The summed E-state index contributed by atoms with van der Waals surface area (Å²) in [5.41, 5.74) is 1.21. The van der Waals surface area contributed by atoms with Crippen LogP contribution < -0.4 is 0 Å². The van der Waals surface area contributed by atoms with Gasteiger partial charge in [-0.3, -0.25) is 0 Å². The highest BCUT2D eigenvalue weighted by Gasteiger charge is 2.52. The lowest BCUT2D eigenvalue weighted by Crippen LogP contribution is -2.47. The molecule has 0 aromatic carbocycles. The molecule has 2 nitrogen and oxygen atoms in total. The fourth-order valence-electron chi connectivity index (χ4n) is 2.97. The van der Waals surface area contributed by atoms with E-state index in [9.17, 15) is 0 Å². The minimum Gasteiger partial charge on any atom is -0.345 e. The molecule has 0 aromatic heterocycles. The highest BCUT2D eigenvalue weighted by molar-refractivity contribution is 6.23. The Morgan fingerprint density at radius 1 is 1.50 bits per heavy atom. The second kappa shape index (κ2) is 4.99. The Kier molecular flexibility index (Phi) is 3.91. The minimum absolute atomic E-state index is 0.0351. The molecule has 18 heavy (non-hydrogen) atoms. The van der Waals surface area contributed by atoms with Crippen LogP contribution in [-0.4, -0.2) is 23.9 Å². The average molecular weight is 271 g/mol. The zero-order valence-corrected chi connectivity index (χ0v) is 12.5. The molecule has 0 amide bonds. The van der Waals surface area contributed by atoms with Gasteiger partial charge in [0.1, 0.15) is 11.5 Å². The van der Waals surface area contributed by atoms with E-state index in [1.54, 1.807) is 0 Å². The first-order chi connectivity index (χ1) is 8.38.